The van der Waals surface area contributed by atoms with Crippen LogP contribution < -0.4 is 4.74 Å². The van der Waals surface area contributed by atoms with Crippen LogP contribution in [0.2, 0.25) is 0 Å². The predicted molar refractivity (Wildman–Crippen MR) is 101 cm³/mol. The fraction of sp³-hybridized carbons (Fsp3) is 0.0909. The van der Waals surface area contributed by atoms with Gasteiger partial charge in [0.1, 0.15) is 5.75 Å². The second-order valence-electron chi connectivity index (χ2n) is 5.97. The molecule has 0 atom stereocenters. The van der Waals surface area contributed by atoms with Crippen molar-refractivity contribution < 1.29 is 18.7 Å². The summed E-state index contributed by atoms with van der Waals surface area (Å²) in [7, 11) is 0. The van der Waals surface area contributed by atoms with E-state index in [2.05, 4.69) is 17.1 Å². The maximum atomic E-state index is 12.0. The van der Waals surface area contributed by atoms with Crippen molar-refractivity contribution in [3.8, 4) is 5.75 Å². The molecular formula is C22H17NO4. The van der Waals surface area contributed by atoms with Crippen molar-refractivity contribution in [3.63, 3.8) is 0 Å². The van der Waals surface area contributed by atoms with E-state index in [1.807, 2.05) is 42.5 Å². The second kappa shape index (κ2) is 7.74. The third-order valence-corrected chi connectivity index (χ3v) is 4.02. The Kier molecular flexibility index (Phi) is 4.83. The van der Waals surface area contributed by atoms with Crippen molar-refractivity contribution in [1.82, 2.24) is 0 Å². The van der Waals surface area contributed by atoms with Crippen LogP contribution in [0.25, 0.3) is 6.08 Å². The molecule has 4 rings (SSSR count). The molecule has 0 unspecified atom stereocenters. The van der Waals surface area contributed by atoms with Gasteiger partial charge in [-0.25, -0.2) is 9.79 Å². The van der Waals surface area contributed by atoms with Crippen LogP contribution >= 0.6 is 0 Å². The summed E-state index contributed by atoms with van der Waals surface area (Å²) >= 11 is 0. The molecular weight excluding hydrogens is 342 g/mol. The first-order valence-corrected chi connectivity index (χ1v) is 8.61. The van der Waals surface area contributed by atoms with Gasteiger partial charge in [-0.3, -0.25) is 0 Å². The molecule has 0 amide bonds. The van der Waals surface area contributed by atoms with Crippen molar-refractivity contribution >= 4 is 17.9 Å². The van der Waals surface area contributed by atoms with E-state index in [1.165, 1.54) is 11.8 Å². The lowest BCUT2D eigenvalue weighted by molar-refractivity contribution is -0.130. The zero-order chi connectivity index (χ0) is 18.5. The minimum Gasteiger partial charge on any atom is -0.493 e. The highest BCUT2D eigenvalue weighted by atomic mass is 16.6. The van der Waals surface area contributed by atoms with Crippen molar-refractivity contribution in [3.05, 3.63) is 95.6 Å². The smallest absolute Gasteiger partial charge is 0.363 e. The zero-order valence-electron chi connectivity index (χ0n) is 14.5. The van der Waals surface area contributed by atoms with Crippen molar-refractivity contribution in [1.29, 1.82) is 0 Å². The number of hydrogen-bond acceptors (Lipinski definition) is 5. The van der Waals surface area contributed by atoms with Crippen LogP contribution in [0.4, 0.5) is 0 Å². The summed E-state index contributed by atoms with van der Waals surface area (Å²) in [5, 5.41) is 0. The van der Waals surface area contributed by atoms with Gasteiger partial charge in [-0.1, -0.05) is 42.5 Å². The SMILES string of the molecule is O=C1OC(c2ccco2)=N/C1=C\c1cccc(OCCc2ccccc2)c1. The largest absolute Gasteiger partial charge is 0.493 e. The minimum atomic E-state index is -0.503. The van der Waals surface area contributed by atoms with Gasteiger partial charge < -0.3 is 13.9 Å². The van der Waals surface area contributed by atoms with E-state index in [4.69, 9.17) is 13.9 Å². The fourth-order valence-electron chi connectivity index (χ4n) is 2.70. The Balaban J connectivity index is 1.44. The standard InChI is InChI=1S/C22H17NO4/c24-22-19(23-21(27-22)20-10-5-12-26-20)15-17-8-4-9-18(14-17)25-13-11-16-6-2-1-3-7-16/h1-10,12,14-15H,11,13H2/b19-15-. The van der Waals surface area contributed by atoms with Gasteiger partial charge in [0.05, 0.1) is 12.9 Å². The summed E-state index contributed by atoms with van der Waals surface area (Å²) in [4.78, 5) is 16.2. The number of ether oxygens (including phenoxy) is 2. The highest BCUT2D eigenvalue weighted by molar-refractivity contribution is 6.11. The molecule has 3 aromatic rings. The number of carbonyl (C=O) groups is 1. The molecule has 1 aliphatic rings. The number of furan rings is 1. The van der Waals surface area contributed by atoms with Crippen LogP contribution in [-0.2, 0) is 16.0 Å². The van der Waals surface area contributed by atoms with E-state index in [1.54, 1.807) is 18.2 Å². The van der Waals surface area contributed by atoms with Gasteiger partial charge in [-0.15, -0.1) is 0 Å². The van der Waals surface area contributed by atoms with Crippen LogP contribution in [0.15, 0.2) is 88.1 Å². The summed E-state index contributed by atoms with van der Waals surface area (Å²) in [6, 6.07) is 21.1. The van der Waals surface area contributed by atoms with E-state index in [0.29, 0.717) is 12.4 Å². The molecule has 5 nitrogen and oxygen atoms in total. The maximum Gasteiger partial charge on any atom is 0.363 e. The second-order valence-corrected chi connectivity index (χ2v) is 5.97. The van der Waals surface area contributed by atoms with E-state index in [0.717, 1.165) is 17.7 Å². The molecule has 0 bridgehead atoms. The Morgan fingerprint density at radius 3 is 2.70 bits per heavy atom. The van der Waals surface area contributed by atoms with E-state index in [-0.39, 0.29) is 11.6 Å². The average molecular weight is 359 g/mol. The molecule has 5 heteroatoms. The quantitative estimate of drug-likeness (QED) is 0.488. The molecule has 2 heterocycles. The topological polar surface area (TPSA) is 61.0 Å². The van der Waals surface area contributed by atoms with Gasteiger partial charge in [-0.2, -0.15) is 0 Å². The van der Waals surface area contributed by atoms with Gasteiger partial charge in [0.2, 0.25) is 0 Å². The first-order valence-electron chi connectivity index (χ1n) is 8.61. The Hall–Kier alpha value is -3.60. The first kappa shape index (κ1) is 16.8. The van der Waals surface area contributed by atoms with Crippen LogP contribution in [-0.4, -0.2) is 18.5 Å². The van der Waals surface area contributed by atoms with E-state index >= 15 is 0 Å². The highest BCUT2D eigenvalue weighted by Crippen LogP contribution is 2.21. The number of benzene rings is 2. The Bertz CT molecular complexity index is 988. The molecule has 1 aliphatic heterocycles. The predicted octanol–water partition coefficient (Wildman–Crippen LogP) is 4.25. The van der Waals surface area contributed by atoms with E-state index in [9.17, 15) is 4.79 Å². The minimum absolute atomic E-state index is 0.173. The molecule has 0 fully saturated rings. The molecule has 27 heavy (non-hydrogen) atoms. The summed E-state index contributed by atoms with van der Waals surface area (Å²) in [6.45, 7) is 0.576. The molecule has 0 radical (unpaired) electrons. The van der Waals surface area contributed by atoms with Crippen molar-refractivity contribution in [2.24, 2.45) is 4.99 Å². The number of nitrogens with zero attached hydrogens (tertiary/aromatic N) is 1. The summed E-state index contributed by atoms with van der Waals surface area (Å²) < 4.78 is 16.2. The lowest BCUT2D eigenvalue weighted by atomic mass is 10.1. The first-order chi connectivity index (χ1) is 13.3. The van der Waals surface area contributed by atoms with Gasteiger partial charge in [-0.05, 0) is 41.5 Å². The number of cyclic esters (lactones) is 1. The summed E-state index contributed by atoms with van der Waals surface area (Å²) in [5.74, 6) is 0.829. The molecule has 0 aliphatic carbocycles. The zero-order valence-corrected chi connectivity index (χ0v) is 14.5. The summed E-state index contributed by atoms with van der Waals surface area (Å²) in [5.41, 5.74) is 2.26. The van der Waals surface area contributed by atoms with Gasteiger partial charge >= 0.3 is 5.97 Å². The Labute approximate surface area is 156 Å². The van der Waals surface area contributed by atoms with Crippen LogP contribution in [0.5, 0.6) is 5.75 Å². The van der Waals surface area contributed by atoms with Crippen molar-refractivity contribution in [2.45, 2.75) is 6.42 Å². The number of aliphatic imine (C=N–C) groups is 1. The van der Waals surface area contributed by atoms with Gasteiger partial charge in [0, 0.05) is 6.42 Å². The lowest BCUT2D eigenvalue weighted by Crippen LogP contribution is -2.04. The van der Waals surface area contributed by atoms with E-state index < -0.39 is 5.97 Å². The number of carbonyl (C=O) groups excluding carboxylic acids is 1. The molecule has 1 aromatic heterocycles. The molecule has 134 valence electrons. The van der Waals surface area contributed by atoms with Crippen LogP contribution in [0, 0.1) is 0 Å². The van der Waals surface area contributed by atoms with Crippen molar-refractivity contribution in [2.75, 3.05) is 6.61 Å². The molecule has 0 N–H and O–H groups in total. The average Bonchev–Trinajstić information content (AvgIpc) is 3.34. The Morgan fingerprint density at radius 2 is 1.89 bits per heavy atom. The third kappa shape index (κ3) is 4.15. The van der Waals surface area contributed by atoms with Gasteiger partial charge in [0.25, 0.3) is 5.90 Å². The third-order valence-electron chi connectivity index (χ3n) is 4.02. The lowest BCUT2D eigenvalue weighted by Gasteiger charge is -2.07. The number of esters is 1. The highest BCUT2D eigenvalue weighted by Gasteiger charge is 2.25. The maximum absolute atomic E-state index is 12.0. The molecule has 0 spiro atoms. The number of hydrogen-bond donors (Lipinski definition) is 0. The summed E-state index contributed by atoms with van der Waals surface area (Å²) in [6.07, 6.45) is 4.00. The molecule has 2 aromatic carbocycles. The monoisotopic (exact) mass is 359 g/mol. The fourth-order valence-corrected chi connectivity index (χ4v) is 2.70. The Morgan fingerprint density at radius 1 is 1.00 bits per heavy atom. The number of rotatable bonds is 6. The molecule has 0 saturated carbocycles. The van der Waals surface area contributed by atoms with Crippen LogP contribution in [0.1, 0.15) is 16.9 Å². The molecule has 0 saturated heterocycles. The van der Waals surface area contributed by atoms with Gasteiger partial charge in [0.15, 0.2) is 11.5 Å². The normalized spacial score (nSPS) is 14.9. The van der Waals surface area contributed by atoms with Crippen LogP contribution in [0.3, 0.4) is 0 Å².